The summed E-state index contributed by atoms with van der Waals surface area (Å²) < 4.78 is 38.0. The molecule has 27 heavy (non-hydrogen) atoms. The van der Waals surface area contributed by atoms with Gasteiger partial charge in [-0.2, -0.15) is 13.2 Å². The molecule has 1 aromatic carbocycles. The number of alkyl halides is 3. The van der Waals surface area contributed by atoms with E-state index in [1.54, 1.807) is 13.0 Å². The van der Waals surface area contributed by atoms with E-state index < -0.39 is 17.7 Å². The Hall–Kier alpha value is -2.84. The first kappa shape index (κ1) is 18.9. The molecule has 1 aliphatic rings. The molecule has 2 heterocycles. The summed E-state index contributed by atoms with van der Waals surface area (Å²) in [6.07, 6.45) is -3.29. The predicted octanol–water partition coefficient (Wildman–Crippen LogP) is 3.85. The van der Waals surface area contributed by atoms with E-state index in [1.165, 1.54) is 12.1 Å². The number of benzene rings is 1. The highest BCUT2D eigenvalue weighted by Gasteiger charge is 2.30. The summed E-state index contributed by atoms with van der Waals surface area (Å²) in [7, 11) is 0. The Balaban J connectivity index is 1.73. The molecule has 0 aliphatic carbocycles. The molecule has 1 aliphatic heterocycles. The molecule has 9 heteroatoms. The summed E-state index contributed by atoms with van der Waals surface area (Å²) in [5.74, 6) is 0.535. The standard InChI is InChI=1S/C18H19F3N4O2/c1-11-22-15(24-14-4-2-13(3-5-14)18(19,20)21)10-16(23-11)25-8-6-12(7-9-25)17(26)27/h2-5,10,12H,6-9H2,1H3,(H,26,27)(H,22,23,24). The first-order valence-electron chi connectivity index (χ1n) is 8.50. The highest BCUT2D eigenvalue weighted by atomic mass is 19.4. The van der Waals surface area contributed by atoms with Crippen LogP contribution in [0.15, 0.2) is 30.3 Å². The zero-order valence-corrected chi connectivity index (χ0v) is 14.6. The van der Waals surface area contributed by atoms with Gasteiger partial charge < -0.3 is 15.3 Å². The quantitative estimate of drug-likeness (QED) is 0.839. The summed E-state index contributed by atoms with van der Waals surface area (Å²) >= 11 is 0. The minimum atomic E-state index is -4.38. The molecule has 0 radical (unpaired) electrons. The number of hydrogen-bond acceptors (Lipinski definition) is 5. The van der Waals surface area contributed by atoms with Crippen molar-refractivity contribution in [3.8, 4) is 0 Å². The van der Waals surface area contributed by atoms with Gasteiger partial charge in [-0.1, -0.05) is 0 Å². The lowest BCUT2D eigenvalue weighted by molar-refractivity contribution is -0.142. The lowest BCUT2D eigenvalue weighted by Crippen LogP contribution is -2.36. The van der Waals surface area contributed by atoms with E-state index >= 15 is 0 Å². The number of aromatic nitrogens is 2. The van der Waals surface area contributed by atoms with E-state index in [2.05, 4.69) is 15.3 Å². The zero-order valence-electron chi connectivity index (χ0n) is 14.6. The molecule has 6 nitrogen and oxygen atoms in total. The molecular formula is C18H19F3N4O2. The van der Waals surface area contributed by atoms with Gasteiger partial charge in [0.05, 0.1) is 11.5 Å². The number of rotatable bonds is 4. The summed E-state index contributed by atoms with van der Waals surface area (Å²) in [4.78, 5) is 21.7. The maximum atomic E-state index is 12.7. The maximum absolute atomic E-state index is 12.7. The minimum Gasteiger partial charge on any atom is -0.481 e. The van der Waals surface area contributed by atoms with Crippen LogP contribution in [0.5, 0.6) is 0 Å². The maximum Gasteiger partial charge on any atom is 0.416 e. The van der Waals surface area contributed by atoms with Crippen molar-refractivity contribution in [1.29, 1.82) is 0 Å². The average molecular weight is 380 g/mol. The monoisotopic (exact) mass is 380 g/mol. The predicted molar refractivity (Wildman–Crippen MR) is 94.1 cm³/mol. The third kappa shape index (κ3) is 4.66. The molecule has 0 spiro atoms. The van der Waals surface area contributed by atoms with Gasteiger partial charge in [-0.3, -0.25) is 4.79 Å². The molecule has 1 fully saturated rings. The number of hydrogen-bond donors (Lipinski definition) is 2. The molecule has 2 N–H and O–H groups in total. The van der Waals surface area contributed by atoms with Crippen molar-refractivity contribution in [3.63, 3.8) is 0 Å². The number of carboxylic acid groups (broad SMARTS) is 1. The van der Waals surface area contributed by atoms with E-state index in [-0.39, 0.29) is 5.92 Å². The Bertz CT molecular complexity index is 816. The number of carboxylic acids is 1. The summed E-state index contributed by atoms with van der Waals surface area (Å²) in [5.41, 5.74) is -0.231. The molecule has 1 aromatic heterocycles. The van der Waals surface area contributed by atoms with Crippen molar-refractivity contribution in [2.75, 3.05) is 23.3 Å². The molecule has 3 rings (SSSR count). The van der Waals surface area contributed by atoms with Gasteiger partial charge in [0.15, 0.2) is 0 Å². The van der Waals surface area contributed by atoms with Crippen LogP contribution >= 0.6 is 0 Å². The molecule has 0 atom stereocenters. The van der Waals surface area contributed by atoms with Crippen molar-refractivity contribution < 1.29 is 23.1 Å². The fourth-order valence-electron chi connectivity index (χ4n) is 3.02. The normalized spacial score (nSPS) is 15.6. The summed E-state index contributed by atoms with van der Waals surface area (Å²) in [6.45, 7) is 2.88. The molecule has 0 saturated carbocycles. The highest BCUT2D eigenvalue weighted by Crippen LogP contribution is 2.30. The van der Waals surface area contributed by atoms with Crippen molar-refractivity contribution in [2.45, 2.75) is 25.9 Å². The second kappa shape index (κ2) is 7.42. The van der Waals surface area contributed by atoms with Gasteiger partial charge in [0, 0.05) is 24.8 Å². The Morgan fingerprint density at radius 2 is 1.81 bits per heavy atom. The van der Waals surface area contributed by atoms with Crippen LogP contribution in [0, 0.1) is 12.8 Å². The first-order chi connectivity index (χ1) is 12.7. The number of nitrogens with one attached hydrogen (secondary N) is 1. The van der Waals surface area contributed by atoms with Crippen LogP contribution < -0.4 is 10.2 Å². The van der Waals surface area contributed by atoms with E-state index in [9.17, 15) is 18.0 Å². The lowest BCUT2D eigenvalue weighted by atomic mass is 9.97. The van der Waals surface area contributed by atoms with E-state index in [1.807, 2.05) is 4.90 Å². The number of carbonyl (C=O) groups is 1. The fourth-order valence-corrected chi connectivity index (χ4v) is 3.02. The van der Waals surface area contributed by atoms with Crippen LogP contribution in [0.4, 0.5) is 30.5 Å². The molecule has 2 aromatic rings. The summed E-state index contributed by atoms with van der Waals surface area (Å²) in [5, 5.41) is 12.1. The Labute approximate surface area is 154 Å². The molecule has 1 saturated heterocycles. The topological polar surface area (TPSA) is 78.4 Å². The summed E-state index contributed by atoms with van der Waals surface area (Å²) in [6, 6.07) is 6.42. The molecule has 0 bridgehead atoms. The van der Waals surface area contributed by atoms with Gasteiger partial charge in [-0.15, -0.1) is 0 Å². The lowest BCUT2D eigenvalue weighted by Gasteiger charge is -2.31. The molecule has 0 amide bonds. The van der Waals surface area contributed by atoms with Crippen LogP contribution in [0.1, 0.15) is 24.2 Å². The first-order valence-corrected chi connectivity index (χ1v) is 8.50. The third-order valence-electron chi connectivity index (χ3n) is 4.48. The highest BCUT2D eigenvalue weighted by molar-refractivity contribution is 5.70. The molecule has 0 unspecified atom stereocenters. The van der Waals surface area contributed by atoms with Crippen molar-refractivity contribution in [2.24, 2.45) is 5.92 Å². The second-order valence-corrected chi connectivity index (χ2v) is 6.46. The van der Waals surface area contributed by atoms with Gasteiger partial charge >= 0.3 is 12.1 Å². The smallest absolute Gasteiger partial charge is 0.416 e. The Morgan fingerprint density at radius 3 is 2.37 bits per heavy atom. The molecule has 144 valence electrons. The van der Waals surface area contributed by atoms with Crippen LogP contribution in [-0.2, 0) is 11.0 Å². The number of piperidine rings is 1. The van der Waals surface area contributed by atoms with Crippen LogP contribution in [0.2, 0.25) is 0 Å². The van der Waals surface area contributed by atoms with E-state index in [0.29, 0.717) is 49.1 Å². The minimum absolute atomic E-state index is 0.339. The van der Waals surface area contributed by atoms with Crippen molar-refractivity contribution in [3.05, 3.63) is 41.7 Å². The van der Waals surface area contributed by atoms with Crippen LogP contribution in [0.3, 0.4) is 0 Å². The van der Waals surface area contributed by atoms with Crippen LogP contribution in [-0.4, -0.2) is 34.1 Å². The third-order valence-corrected chi connectivity index (χ3v) is 4.48. The van der Waals surface area contributed by atoms with E-state index in [4.69, 9.17) is 5.11 Å². The Morgan fingerprint density at radius 1 is 1.19 bits per heavy atom. The van der Waals surface area contributed by atoms with E-state index in [0.717, 1.165) is 12.1 Å². The molecular weight excluding hydrogens is 361 g/mol. The average Bonchev–Trinajstić information content (AvgIpc) is 2.61. The second-order valence-electron chi connectivity index (χ2n) is 6.46. The van der Waals surface area contributed by atoms with Gasteiger partial charge in [0.2, 0.25) is 0 Å². The van der Waals surface area contributed by atoms with Crippen molar-refractivity contribution in [1.82, 2.24) is 9.97 Å². The van der Waals surface area contributed by atoms with Gasteiger partial charge in [-0.05, 0) is 44.0 Å². The SMILES string of the molecule is Cc1nc(Nc2ccc(C(F)(F)F)cc2)cc(N2CCC(C(=O)O)CC2)n1. The van der Waals surface area contributed by atoms with Crippen LogP contribution in [0.25, 0.3) is 0 Å². The number of aliphatic carboxylic acids is 1. The van der Waals surface area contributed by atoms with Gasteiger partial charge in [-0.25, -0.2) is 9.97 Å². The number of halogens is 3. The van der Waals surface area contributed by atoms with Crippen molar-refractivity contribution >= 4 is 23.3 Å². The number of anilines is 3. The number of nitrogens with zero attached hydrogens (tertiary/aromatic N) is 3. The van der Waals surface area contributed by atoms with Gasteiger partial charge in [0.1, 0.15) is 17.5 Å². The van der Waals surface area contributed by atoms with Gasteiger partial charge in [0.25, 0.3) is 0 Å². The fraction of sp³-hybridized carbons (Fsp3) is 0.389. The zero-order chi connectivity index (χ0) is 19.6. The largest absolute Gasteiger partial charge is 0.481 e. The Kier molecular flexibility index (Phi) is 5.20. The number of aryl methyl sites for hydroxylation is 1.